The summed E-state index contributed by atoms with van der Waals surface area (Å²) in [6, 6.07) is 7.51. The van der Waals surface area contributed by atoms with Crippen molar-refractivity contribution in [3.05, 3.63) is 29.8 Å². The van der Waals surface area contributed by atoms with Crippen molar-refractivity contribution in [2.45, 2.75) is 25.3 Å². The Morgan fingerprint density at radius 1 is 1.31 bits per heavy atom. The molecule has 0 aliphatic heterocycles. The summed E-state index contributed by atoms with van der Waals surface area (Å²) in [5.74, 6) is 0.637. The third-order valence-corrected chi connectivity index (χ3v) is 2.53. The van der Waals surface area contributed by atoms with Crippen LogP contribution in [0.15, 0.2) is 24.3 Å². The second kappa shape index (κ2) is 5.75. The number of benzene rings is 1. The standard InChI is InChI=1S/C12H16ClNO2/c1-8(13)12(15)14-9(2)10-4-6-11(16-3)7-5-10/h4-9H,1-3H3,(H,14,15)/t8?,9-/m1/s1. The highest BCUT2D eigenvalue weighted by Gasteiger charge is 2.13. The number of nitrogens with one attached hydrogen (secondary N) is 1. The van der Waals surface area contributed by atoms with E-state index < -0.39 is 5.38 Å². The molecular weight excluding hydrogens is 226 g/mol. The third-order valence-electron chi connectivity index (χ3n) is 2.34. The molecular formula is C12H16ClNO2. The molecule has 88 valence electrons. The molecule has 1 amide bonds. The smallest absolute Gasteiger partial charge is 0.238 e. The summed E-state index contributed by atoms with van der Waals surface area (Å²) in [6.45, 7) is 3.57. The van der Waals surface area contributed by atoms with E-state index in [1.54, 1.807) is 14.0 Å². The van der Waals surface area contributed by atoms with E-state index in [1.165, 1.54) is 0 Å². The Labute approximate surface area is 101 Å². The summed E-state index contributed by atoms with van der Waals surface area (Å²) in [6.07, 6.45) is 0. The van der Waals surface area contributed by atoms with Crippen molar-refractivity contribution in [2.24, 2.45) is 0 Å². The van der Waals surface area contributed by atoms with Crippen LogP contribution in [-0.4, -0.2) is 18.4 Å². The van der Waals surface area contributed by atoms with Crippen LogP contribution in [0, 0.1) is 0 Å². The number of carbonyl (C=O) groups is 1. The van der Waals surface area contributed by atoms with Gasteiger partial charge in [-0.05, 0) is 31.5 Å². The molecule has 4 heteroatoms. The first kappa shape index (κ1) is 12.8. The lowest BCUT2D eigenvalue weighted by atomic mass is 10.1. The van der Waals surface area contributed by atoms with Gasteiger partial charge < -0.3 is 10.1 Å². The van der Waals surface area contributed by atoms with Crippen LogP contribution in [0.25, 0.3) is 0 Å². The summed E-state index contributed by atoms with van der Waals surface area (Å²) in [5.41, 5.74) is 1.02. The molecule has 0 aromatic heterocycles. The Bertz CT molecular complexity index is 349. The van der Waals surface area contributed by atoms with Crippen molar-refractivity contribution in [3.63, 3.8) is 0 Å². The fraction of sp³-hybridized carbons (Fsp3) is 0.417. The van der Waals surface area contributed by atoms with Gasteiger partial charge in [-0.25, -0.2) is 0 Å². The predicted octanol–water partition coefficient (Wildman–Crippen LogP) is 2.50. The summed E-state index contributed by atoms with van der Waals surface area (Å²) in [5, 5.41) is 2.31. The van der Waals surface area contributed by atoms with Gasteiger partial charge in [-0.2, -0.15) is 0 Å². The van der Waals surface area contributed by atoms with Crippen molar-refractivity contribution >= 4 is 17.5 Å². The number of hydrogen-bond donors (Lipinski definition) is 1. The largest absolute Gasteiger partial charge is 0.497 e. The summed E-state index contributed by atoms with van der Waals surface area (Å²) in [4.78, 5) is 11.4. The Hall–Kier alpha value is -1.22. The van der Waals surface area contributed by atoms with E-state index >= 15 is 0 Å². The van der Waals surface area contributed by atoms with Crippen LogP contribution in [0.3, 0.4) is 0 Å². The van der Waals surface area contributed by atoms with Crippen LogP contribution in [0.4, 0.5) is 0 Å². The van der Waals surface area contributed by atoms with Crippen LogP contribution in [0.2, 0.25) is 0 Å². The molecule has 0 bridgehead atoms. The zero-order valence-electron chi connectivity index (χ0n) is 9.66. The molecule has 0 aliphatic carbocycles. The van der Waals surface area contributed by atoms with Gasteiger partial charge in [-0.15, -0.1) is 11.6 Å². The highest BCUT2D eigenvalue weighted by Crippen LogP contribution is 2.17. The Morgan fingerprint density at radius 3 is 2.31 bits per heavy atom. The number of hydrogen-bond acceptors (Lipinski definition) is 2. The predicted molar refractivity (Wildman–Crippen MR) is 64.9 cm³/mol. The van der Waals surface area contributed by atoms with Crippen molar-refractivity contribution < 1.29 is 9.53 Å². The summed E-state index contributed by atoms with van der Waals surface area (Å²) in [7, 11) is 1.62. The van der Waals surface area contributed by atoms with Gasteiger partial charge in [0.05, 0.1) is 13.2 Å². The molecule has 1 unspecified atom stereocenters. The van der Waals surface area contributed by atoms with Crippen molar-refractivity contribution in [1.82, 2.24) is 5.32 Å². The van der Waals surface area contributed by atoms with E-state index in [-0.39, 0.29) is 11.9 Å². The van der Waals surface area contributed by atoms with Gasteiger partial charge in [0.25, 0.3) is 0 Å². The fourth-order valence-electron chi connectivity index (χ4n) is 1.30. The van der Waals surface area contributed by atoms with Crippen LogP contribution in [-0.2, 0) is 4.79 Å². The van der Waals surface area contributed by atoms with Crippen molar-refractivity contribution in [1.29, 1.82) is 0 Å². The number of carbonyl (C=O) groups excluding carboxylic acids is 1. The number of alkyl halides is 1. The number of amides is 1. The van der Waals surface area contributed by atoms with Gasteiger partial charge >= 0.3 is 0 Å². The molecule has 0 fully saturated rings. The van der Waals surface area contributed by atoms with Crippen LogP contribution in [0.1, 0.15) is 25.5 Å². The monoisotopic (exact) mass is 241 g/mol. The molecule has 0 radical (unpaired) electrons. The van der Waals surface area contributed by atoms with E-state index in [4.69, 9.17) is 16.3 Å². The number of rotatable bonds is 4. The number of ether oxygens (including phenoxy) is 1. The first-order chi connectivity index (χ1) is 7.54. The molecule has 0 saturated heterocycles. The number of methoxy groups -OCH3 is 1. The van der Waals surface area contributed by atoms with Crippen molar-refractivity contribution in [2.75, 3.05) is 7.11 Å². The van der Waals surface area contributed by atoms with Crippen LogP contribution >= 0.6 is 11.6 Å². The van der Waals surface area contributed by atoms with Crippen molar-refractivity contribution in [3.8, 4) is 5.75 Å². The molecule has 1 aromatic carbocycles. The maximum absolute atomic E-state index is 11.4. The lowest BCUT2D eigenvalue weighted by Gasteiger charge is -2.15. The Morgan fingerprint density at radius 2 is 1.88 bits per heavy atom. The number of halogens is 1. The van der Waals surface area contributed by atoms with Crippen LogP contribution in [0.5, 0.6) is 5.75 Å². The first-order valence-electron chi connectivity index (χ1n) is 5.13. The zero-order valence-corrected chi connectivity index (χ0v) is 10.4. The Balaban J connectivity index is 2.65. The molecule has 1 rings (SSSR count). The average Bonchev–Trinajstić information content (AvgIpc) is 2.28. The van der Waals surface area contributed by atoms with Crippen LogP contribution < -0.4 is 10.1 Å². The maximum Gasteiger partial charge on any atom is 0.238 e. The third kappa shape index (κ3) is 3.42. The van der Waals surface area contributed by atoms with E-state index in [1.807, 2.05) is 31.2 Å². The van der Waals surface area contributed by atoms with Gasteiger partial charge in [0.15, 0.2) is 0 Å². The van der Waals surface area contributed by atoms with E-state index in [2.05, 4.69) is 5.32 Å². The van der Waals surface area contributed by atoms with Gasteiger partial charge in [0.2, 0.25) is 5.91 Å². The highest BCUT2D eigenvalue weighted by molar-refractivity contribution is 6.30. The minimum Gasteiger partial charge on any atom is -0.497 e. The zero-order chi connectivity index (χ0) is 12.1. The van der Waals surface area contributed by atoms with Gasteiger partial charge in [0.1, 0.15) is 11.1 Å². The molecule has 2 atom stereocenters. The molecule has 1 N–H and O–H groups in total. The molecule has 3 nitrogen and oxygen atoms in total. The van der Waals surface area contributed by atoms with E-state index in [0.29, 0.717) is 0 Å². The minimum atomic E-state index is -0.513. The minimum absolute atomic E-state index is 0.0559. The quantitative estimate of drug-likeness (QED) is 0.823. The fourth-order valence-corrected chi connectivity index (χ4v) is 1.37. The second-order valence-corrected chi connectivity index (χ2v) is 4.27. The molecule has 16 heavy (non-hydrogen) atoms. The van der Waals surface area contributed by atoms with E-state index in [9.17, 15) is 4.79 Å². The van der Waals surface area contributed by atoms with Gasteiger partial charge in [-0.1, -0.05) is 12.1 Å². The molecule has 1 aromatic rings. The first-order valence-corrected chi connectivity index (χ1v) is 5.56. The van der Waals surface area contributed by atoms with Gasteiger partial charge in [-0.3, -0.25) is 4.79 Å². The molecule has 0 aliphatic rings. The average molecular weight is 242 g/mol. The maximum atomic E-state index is 11.4. The normalized spacial score (nSPS) is 14.0. The molecule has 0 spiro atoms. The second-order valence-electron chi connectivity index (χ2n) is 3.62. The summed E-state index contributed by atoms with van der Waals surface area (Å²) >= 11 is 5.68. The van der Waals surface area contributed by atoms with E-state index in [0.717, 1.165) is 11.3 Å². The molecule has 0 heterocycles. The molecule has 0 saturated carbocycles. The lowest BCUT2D eigenvalue weighted by molar-refractivity contribution is -0.121. The topological polar surface area (TPSA) is 38.3 Å². The Kier molecular flexibility index (Phi) is 4.62. The SMILES string of the molecule is COc1ccc([C@@H](C)NC(=O)C(C)Cl)cc1. The summed E-state index contributed by atoms with van der Waals surface area (Å²) < 4.78 is 5.06. The lowest BCUT2D eigenvalue weighted by Crippen LogP contribution is -2.31. The van der Waals surface area contributed by atoms with Gasteiger partial charge in [0, 0.05) is 0 Å². The highest BCUT2D eigenvalue weighted by atomic mass is 35.5.